The summed E-state index contributed by atoms with van der Waals surface area (Å²) in [5.74, 6) is 0.998. The molecule has 1 N–H and O–H groups in total. The molecule has 2 aliphatic rings. The Morgan fingerprint density at radius 1 is 1.00 bits per heavy atom. The average molecular weight is 538 g/mol. The van der Waals surface area contributed by atoms with E-state index in [2.05, 4.69) is 4.90 Å². The molecule has 0 saturated carbocycles. The van der Waals surface area contributed by atoms with Crippen molar-refractivity contribution >= 4 is 5.97 Å². The van der Waals surface area contributed by atoms with Gasteiger partial charge in [0.1, 0.15) is 19.0 Å². The van der Waals surface area contributed by atoms with Crippen LogP contribution in [0, 0.1) is 0 Å². The molecule has 206 valence electrons. The summed E-state index contributed by atoms with van der Waals surface area (Å²) in [6, 6.07) is 10.5. The van der Waals surface area contributed by atoms with Crippen LogP contribution in [-0.4, -0.2) is 57.1 Å². The summed E-state index contributed by atoms with van der Waals surface area (Å²) in [7, 11) is 4.50. The first-order valence-electron chi connectivity index (χ1n) is 12.7. The van der Waals surface area contributed by atoms with Gasteiger partial charge >= 0.3 is 5.97 Å². The molecular weight excluding hydrogens is 506 g/mol. The Morgan fingerprint density at radius 2 is 1.72 bits per heavy atom. The molecule has 10 nitrogen and oxygen atoms in total. The van der Waals surface area contributed by atoms with Crippen molar-refractivity contribution in [2.75, 3.05) is 41.1 Å². The van der Waals surface area contributed by atoms with E-state index in [0.717, 1.165) is 18.5 Å². The molecule has 39 heavy (non-hydrogen) atoms. The first kappa shape index (κ1) is 26.4. The van der Waals surface area contributed by atoms with Gasteiger partial charge in [0, 0.05) is 19.2 Å². The van der Waals surface area contributed by atoms with Crippen LogP contribution >= 0.6 is 0 Å². The van der Waals surface area contributed by atoms with Crippen molar-refractivity contribution in [3.05, 3.63) is 74.8 Å². The van der Waals surface area contributed by atoms with Crippen LogP contribution in [0.15, 0.2) is 45.6 Å². The summed E-state index contributed by atoms with van der Waals surface area (Å²) in [6.45, 7) is 2.52. The summed E-state index contributed by atoms with van der Waals surface area (Å²) in [6.07, 6.45) is 0.641. The predicted molar refractivity (Wildman–Crippen MR) is 140 cm³/mol. The Bertz CT molecular complexity index is 1430. The lowest BCUT2D eigenvalue weighted by molar-refractivity contribution is -0.140. The smallest absolute Gasteiger partial charge is 0.306 e. The van der Waals surface area contributed by atoms with Crippen LogP contribution < -0.4 is 24.4 Å². The Labute approximate surface area is 225 Å². The second-order valence-corrected chi connectivity index (χ2v) is 9.46. The van der Waals surface area contributed by atoms with Gasteiger partial charge in [-0.3, -0.25) is 14.5 Å². The highest BCUT2D eigenvalue weighted by molar-refractivity contribution is 5.71. The molecule has 1 atom stereocenters. The van der Waals surface area contributed by atoms with E-state index in [1.54, 1.807) is 32.4 Å². The van der Waals surface area contributed by atoms with E-state index >= 15 is 0 Å². The molecule has 5 rings (SSSR count). The summed E-state index contributed by atoms with van der Waals surface area (Å²) in [5, 5.41) is 10.8. The Balaban J connectivity index is 1.45. The lowest BCUT2D eigenvalue weighted by atomic mass is 9.91. The monoisotopic (exact) mass is 537 g/mol. The molecule has 3 heterocycles. The van der Waals surface area contributed by atoms with Crippen molar-refractivity contribution < 1.29 is 38.0 Å². The minimum Gasteiger partial charge on any atom is -0.502 e. The van der Waals surface area contributed by atoms with E-state index in [0.29, 0.717) is 60.6 Å². The van der Waals surface area contributed by atoms with Crippen molar-refractivity contribution in [1.82, 2.24) is 4.90 Å². The third-order valence-electron chi connectivity index (χ3n) is 7.06. The molecule has 0 spiro atoms. The number of carbonyl (C=O) groups excluding carboxylic acids is 1. The van der Waals surface area contributed by atoms with Gasteiger partial charge in [-0.15, -0.1) is 0 Å². The first-order chi connectivity index (χ1) is 18.9. The van der Waals surface area contributed by atoms with Gasteiger partial charge in [0.2, 0.25) is 11.2 Å². The fourth-order valence-corrected chi connectivity index (χ4v) is 5.05. The number of fused-ring (bicyclic) bond motifs is 2. The molecule has 1 aromatic heterocycles. The minimum atomic E-state index is -0.778. The molecule has 0 amide bonds. The average Bonchev–Trinajstić information content (AvgIpc) is 2.96. The number of nitrogens with zero attached hydrogens (tertiary/aromatic N) is 1. The normalized spacial score (nSPS) is 15.3. The van der Waals surface area contributed by atoms with Gasteiger partial charge in [-0.1, -0.05) is 6.07 Å². The molecule has 3 aromatic rings. The molecule has 0 fully saturated rings. The van der Waals surface area contributed by atoms with E-state index in [-0.39, 0.29) is 12.2 Å². The second-order valence-electron chi connectivity index (χ2n) is 9.46. The standard InChI is InChI=1S/C29H31NO9/c1-34-24-10-17-6-7-30(15-19(17)12-25(24)35-2)16-20-13-22(31)28(33)29(39-20)21(14-27(32)36-3)18-4-5-23-26(11-18)38-9-8-37-23/h4-5,10-13,21,33H,6-9,14-16H2,1-3H3/t21-/m0/s1. The Hall–Kier alpha value is -4.18. The van der Waals surface area contributed by atoms with Crippen LogP contribution in [0.5, 0.6) is 28.7 Å². The van der Waals surface area contributed by atoms with Crippen LogP contribution in [0.1, 0.15) is 40.5 Å². The van der Waals surface area contributed by atoms with E-state index in [1.807, 2.05) is 12.1 Å². The van der Waals surface area contributed by atoms with Crippen molar-refractivity contribution in [2.24, 2.45) is 0 Å². The van der Waals surface area contributed by atoms with E-state index in [4.69, 9.17) is 28.1 Å². The SMILES string of the molecule is COC(=O)C[C@@H](c1ccc2c(c1)OCCO2)c1oc(CN2CCc3cc(OC)c(OC)cc3C2)cc(=O)c1O. The van der Waals surface area contributed by atoms with Crippen LogP contribution in [0.2, 0.25) is 0 Å². The van der Waals surface area contributed by atoms with Crippen molar-refractivity contribution in [3.8, 4) is 28.7 Å². The molecule has 0 bridgehead atoms. The van der Waals surface area contributed by atoms with E-state index < -0.39 is 23.1 Å². The Kier molecular flexibility index (Phi) is 7.65. The number of hydrogen-bond acceptors (Lipinski definition) is 10. The topological polar surface area (TPSA) is 117 Å². The van der Waals surface area contributed by atoms with Crippen molar-refractivity contribution in [1.29, 1.82) is 0 Å². The molecule has 0 unspecified atom stereocenters. The summed E-state index contributed by atoms with van der Waals surface area (Å²) < 4.78 is 33.2. The fourth-order valence-electron chi connectivity index (χ4n) is 5.05. The maximum Gasteiger partial charge on any atom is 0.306 e. The van der Waals surface area contributed by atoms with Crippen molar-refractivity contribution in [3.63, 3.8) is 0 Å². The zero-order chi connectivity index (χ0) is 27.5. The lowest BCUT2D eigenvalue weighted by Crippen LogP contribution is -2.30. The van der Waals surface area contributed by atoms with Crippen LogP contribution in [0.3, 0.4) is 0 Å². The maximum absolute atomic E-state index is 12.9. The quantitative estimate of drug-likeness (QED) is 0.429. The molecule has 0 aliphatic carbocycles. The maximum atomic E-state index is 12.9. The third kappa shape index (κ3) is 5.51. The predicted octanol–water partition coefficient (Wildman–Crippen LogP) is 3.39. The third-order valence-corrected chi connectivity index (χ3v) is 7.06. The highest BCUT2D eigenvalue weighted by atomic mass is 16.6. The number of rotatable bonds is 8. The number of benzene rings is 2. The van der Waals surface area contributed by atoms with Gasteiger partial charge in [0.05, 0.1) is 40.2 Å². The largest absolute Gasteiger partial charge is 0.502 e. The molecule has 0 radical (unpaired) electrons. The van der Waals surface area contributed by atoms with Gasteiger partial charge in [0.25, 0.3) is 0 Å². The number of aromatic hydroxyl groups is 1. The fraction of sp³-hybridized carbons (Fsp3) is 0.379. The van der Waals surface area contributed by atoms with Crippen LogP contribution in [0.25, 0.3) is 0 Å². The van der Waals surface area contributed by atoms with E-state index in [9.17, 15) is 14.7 Å². The van der Waals surface area contributed by atoms with Gasteiger partial charge < -0.3 is 33.2 Å². The number of ether oxygens (including phenoxy) is 5. The molecule has 10 heteroatoms. The first-order valence-corrected chi connectivity index (χ1v) is 12.7. The number of hydrogen-bond donors (Lipinski definition) is 1. The van der Waals surface area contributed by atoms with Crippen molar-refractivity contribution in [2.45, 2.75) is 31.8 Å². The number of methoxy groups -OCH3 is 3. The van der Waals surface area contributed by atoms with Crippen LogP contribution in [-0.2, 0) is 29.0 Å². The van der Waals surface area contributed by atoms with Gasteiger partial charge in [-0.2, -0.15) is 0 Å². The molecule has 2 aromatic carbocycles. The van der Waals surface area contributed by atoms with Gasteiger partial charge in [-0.05, 0) is 47.4 Å². The van der Waals surface area contributed by atoms with Crippen LogP contribution in [0.4, 0.5) is 0 Å². The number of carbonyl (C=O) groups is 1. The number of esters is 1. The second kappa shape index (κ2) is 11.3. The lowest BCUT2D eigenvalue weighted by Gasteiger charge is -2.29. The highest BCUT2D eigenvalue weighted by Crippen LogP contribution is 2.39. The Morgan fingerprint density at radius 3 is 2.44 bits per heavy atom. The molecule has 0 saturated heterocycles. The summed E-state index contributed by atoms with van der Waals surface area (Å²) in [5.41, 5.74) is 2.31. The summed E-state index contributed by atoms with van der Waals surface area (Å²) >= 11 is 0. The zero-order valence-corrected chi connectivity index (χ0v) is 22.2. The summed E-state index contributed by atoms with van der Waals surface area (Å²) in [4.78, 5) is 27.4. The molecular formula is C29H31NO9. The van der Waals surface area contributed by atoms with Gasteiger partial charge in [-0.25, -0.2) is 0 Å². The highest BCUT2D eigenvalue weighted by Gasteiger charge is 2.29. The zero-order valence-electron chi connectivity index (χ0n) is 22.2. The van der Waals surface area contributed by atoms with E-state index in [1.165, 1.54) is 18.7 Å². The van der Waals surface area contributed by atoms with Gasteiger partial charge in [0.15, 0.2) is 28.8 Å². The minimum absolute atomic E-state index is 0.00314. The molecule has 2 aliphatic heterocycles.